The van der Waals surface area contributed by atoms with Gasteiger partial charge in [0.2, 0.25) is 0 Å². The molecule has 2 atom stereocenters. The summed E-state index contributed by atoms with van der Waals surface area (Å²) >= 11 is 0. The highest BCUT2D eigenvalue weighted by atomic mass is 15.2. The monoisotopic (exact) mass is 228 g/mol. The van der Waals surface area contributed by atoms with Crippen molar-refractivity contribution in [3.8, 4) is 6.07 Å². The van der Waals surface area contributed by atoms with Gasteiger partial charge < -0.3 is 5.32 Å². The highest BCUT2D eigenvalue weighted by Crippen LogP contribution is 2.29. The van der Waals surface area contributed by atoms with Crippen LogP contribution in [0.4, 0.5) is 5.69 Å². The first-order valence-corrected chi connectivity index (χ1v) is 6.23. The summed E-state index contributed by atoms with van der Waals surface area (Å²) in [6, 6.07) is 7.00. The average molecular weight is 228 g/mol. The molecule has 3 heterocycles. The van der Waals surface area contributed by atoms with E-state index in [9.17, 15) is 0 Å². The van der Waals surface area contributed by atoms with Crippen molar-refractivity contribution in [3.63, 3.8) is 0 Å². The lowest BCUT2D eigenvalue weighted by molar-refractivity contribution is 0.318. The molecule has 88 valence electrons. The maximum atomic E-state index is 8.70. The largest absolute Gasteiger partial charge is 0.379 e. The van der Waals surface area contributed by atoms with Gasteiger partial charge in [0.1, 0.15) is 11.8 Å². The fraction of sp³-hybridized carbons (Fsp3) is 0.538. The van der Waals surface area contributed by atoms with Gasteiger partial charge in [0.25, 0.3) is 0 Å². The first kappa shape index (κ1) is 10.5. The Balaban J connectivity index is 1.68. The van der Waals surface area contributed by atoms with Crippen LogP contribution in [0.3, 0.4) is 0 Å². The standard InChI is InChI=1S/C13H16N4/c14-8-10-3-4-11(9-15-10)16-12-5-7-17-6-1-2-13(12)17/h3-4,9,12-13,16H,1-2,5-7H2. The van der Waals surface area contributed by atoms with E-state index < -0.39 is 0 Å². The Morgan fingerprint density at radius 1 is 1.35 bits per heavy atom. The van der Waals surface area contributed by atoms with Gasteiger partial charge in [-0.3, -0.25) is 4.90 Å². The van der Waals surface area contributed by atoms with E-state index in [1.165, 1.54) is 32.4 Å². The van der Waals surface area contributed by atoms with Crippen molar-refractivity contribution in [2.45, 2.75) is 31.3 Å². The molecule has 4 heteroatoms. The molecule has 0 amide bonds. The Hall–Kier alpha value is -1.60. The van der Waals surface area contributed by atoms with E-state index in [4.69, 9.17) is 5.26 Å². The molecule has 2 saturated heterocycles. The third kappa shape index (κ3) is 1.98. The highest BCUT2D eigenvalue weighted by molar-refractivity contribution is 5.44. The number of pyridine rings is 1. The van der Waals surface area contributed by atoms with Gasteiger partial charge in [-0.1, -0.05) is 0 Å². The molecule has 0 saturated carbocycles. The molecule has 0 spiro atoms. The number of fused-ring (bicyclic) bond motifs is 1. The number of hydrogen-bond acceptors (Lipinski definition) is 4. The van der Waals surface area contributed by atoms with E-state index in [0.717, 1.165) is 5.69 Å². The number of aromatic nitrogens is 1. The zero-order chi connectivity index (χ0) is 11.7. The molecule has 2 aliphatic heterocycles. The van der Waals surface area contributed by atoms with Crippen LogP contribution in [-0.4, -0.2) is 35.1 Å². The number of anilines is 1. The van der Waals surface area contributed by atoms with Crippen LogP contribution < -0.4 is 5.32 Å². The quantitative estimate of drug-likeness (QED) is 0.835. The van der Waals surface area contributed by atoms with Gasteiger partial charge in [-0.2, -0.15) is 5.26 Å². The molecule has 17 heavy (non-hydrogen) atoms. The molecule has 2 aliphatic rings. The van der Waals surface area contributed by atoms with E-state index in [1.807, 2.05) is 12.1 Å². The van der Waals surface area contributed by atoms with Crippen molar-refractivity contribution < 1.29 is 0 Å². The predicted octanol–water partition coefficient (Wildman–Crippen LogP) is 1.60. The van der Waals surface area contributed by atoms with Crippen LogP contribution in [0.25, 0.3) is 0 Å². The Morgan fingerprint density at radius 3 is 3.06 bits per heavy atom. The molecule has 4 nitrogen and oxygen atoms in total. The van der Waals surface area contributed by atoms with Crippen LogP contribution in [-0.2, 0) is 0 Å². The molecule has 3 rings (SSSR count). The van der Waals surface area contributed by atoms with E-state index in [-0.39, 0.29) is 0 Å². The van der Waals surface area contributed by atoms with E-state index >= 15 is 0 Å². The first-order valence-electron chi connectivity index (χ1n) is 6.23. The third-order valence-corrected chi connectivity index (χ3v) is 3.84. The Kier molecular flexibility index (Phi) is 2.69. The Morgan fingerprint density at radius 2 is 2.29 bits per heavy atom. The number of hydrogen-bond donors (Lipinski definition) is 1. The molecule has 2 fully saturated rings. The maximum Gasteiger partial charge on any atom is 0.140 e. The van der Waals surface area contributed by atoms with Gasteiger partial charge in [0.05, 0.1) is 11.9 Å². The number of rotatable bonds is 2. The van der Waals surface area contributed by atoms with Crippen LogP contribution in [0.5, 0.6) is 0 Å². The van der Waals surface area contributed by atoms with Gasteiger partial charge in [0.15, 0.2) is 0 Å². The molecular weight excluding hydrogens is 212 g/mol. The topological polar surface area (TPSA) is 52.0 Å². The normalized spacial score (nSPS) is 27.7. The van der Waals surface area contributed by atoms with Crippen molar-refractivity contribution in [1.29, 1.82) is 5.26 Å². The third-order valence-electron chi connectivity index (χ3n) is 3.84. The van der Waals surface area contributed by atoms with Gasteiger partial charge in [0, 0.05) is 18.6 Å². The molecule has 0 aliphatic carbocycles. The minimum atomic E-state index is 0.476. The van der Waals surface area contributed by atoms with E-state index in [2.05, 4.69) is 15.2 Å². The van der Waals surface area contributed by atoms with E-state index in [0.29, 0.717) is 17.8 Å². The second-order valence-electron chi connectivity index (χ2n) is 4.83. The van der Waals surface area contributed by atoms with Crippen LogP contribution in [0.15, 0.2) is 18.3 Å². The summed E-state index contributed by atoms with van der Waals surface area (Å²) in [5, 5.41) is 12.2. The molecule has 1 N–H and O–H groups in total. The molecule has 0 bridgehead atoms. The summed E-state index contributed by atoms with van der Waals surface area (Å²) in [5.41, 5.74) is 1.51. The summed E-state index contributed by atoms with van der Waals surface area (Å²) in [6.07, 6.45) is 5.61. The summed E-state index contributed by atoms with van der Waals surface area (Å²) in [4.78, 5) is 6.67. The van der Waals surface area contributed by atoms with Crippen molar-refractivity contribution in [2.24, 2.45) is 0 Å². The molecule has 1 aromatic heterocycles. The second kappa shape index (κ2) is 4.34. The molecule has 2 unspecified atom stereocenters. The minimum Gasteiger partial charge on any atom is -0.379 e. The molecule has 0 radical (unpaired) electrons. The zero-order valence-corrected chi connectivity index (χ0v) is 9.76. The predicted molar refractivity (Wildman–Crippen MR) is 65.6 cm³/mol. The van der Waals surface area contributed by atoms with Crippen LogP contribution >= 0.6 is 0 Å². The fourth-order valence-corrected chi connectivity index (χ4v) is 3.01. The SMILES string of the molecule is N#Cc1ccc(NC2CCN3CCCC23)cn1. The zero-order valence-electron chi connectivity index (χ0n) is 9.76. The van der Waals surface area contributed by atoms with Gasteiger partial charge in [-0.25, -0.2) is 4.98 Å². The number of nitrogens with zero attached hydrogens (tertiary/aromatic N) is 3. The second-order valence-corrected chi connectivity index (χ2v) is 4.83. The van der Waals surface area contributed by atoms with Crippen molar-refractivity contribution >= 4 is 5.69 Å². The maximum absolute atomic E-state index is 8.70. The minimum absolute atomic E-state index is 0.476. The van der Waals surface area contributed by atoms with Gasteiger partial charge in [-0.05, 0) is 37.9 Å². The summed E-state index contributed by atoms with van der Waals surface area (Å²) in [7, 11) is 0. The van der Waals surface area contributed by atoms with Crippen LogP contribution in [0, 0.1) is 11.3 Å². The lowest BCUT2D eigenvalue weighted by Crippen LogP contribution is -2.33. The highest BCUT2D eigenvalue weighted by Gasteiger charge is 2.36. The first-order chi connectivity index (χ1) is 8.36. The number of nitriles is 1. The van der Waals surface area contributed by atoms with Crippen molar-refractivity contribution in [2.75, 3.05) is 18.4 Å². The summed E-state index contributed by atoms with van der Waals surface area (Å²) in [5.74, 6) is 0. The number of nitrogens with one attached hydrogen (secondary N) is 1. The Bertz CT molecular complexity index is 434. The fourth-order valence-electron chi connectivity index (χ4n) is 3.01. The van der Waals surface area contributed by atoms with Crippen molar-refractivity contribution in [1.82, 2.24) is 9.88 Å². The van der Waals surface area contributed by atoms with Crippen LogP contribution in [0.1, 0.15) is 25.0 Å². The smallest absolute Gasteiger partial charge is 0.140 e. The lowest BCUT2D eigenvalue weighted by atomic mass is 10.1. The lowest BCUT2D eigenvalue weighted by Gasteiger charge is -2.22. The van der Waals surface area contributed by atoms with Gasteiger partial charge in [-0.15, -0.1) is 0 Å². The van der Waals surface area contributed by atoms with Gasteiger partial charge >= 0.3 is 0 Å². The summed E-state index contributed by atoms with van der Waals surface area (Å²) in [6.45, 7) is 2.47. The molecule has 1 aromatic rings. The Labute approximate surface area is 101 Å². The van der Waals surface area contributed by atoms with Crippen molar-refractivity contribution in [3.05, 3.63) is 24.0 Å². The van der Waals surface area contributed by atoms with E-state index in [1.54, 1.807) is 12.3 Å². The molecular formula is C13H16N4. The van der Waals surface area contributed by atoms with Crippen LogP contribution in [0.2, 0.25) is 0 Å². The molecule has 0 aromatic carbocycles. The average Bonchev–Trinajstić information content (AvgIpc) is 2.95. The summed E-state index contributed by atoms with van der Waals surface area (Å²) < 4.78 is 0.